The zero-order valence-electron chi connectivity index (χ0n) is 11.4. The largest absolute Gasteiger partial charge is 0.417 e. The zero-order chi connectivity index (χ0) is 17.2. The van der Waals surface area contributed by atoms with Crippen LogP contribution in [0, 0.1) is 0 Å². The topological polar surface area (TPSA) is 94.2 Å². The number of nitrogens with one attached hydrogen (secondary N) is 1. The Bertz CT molecular complexity index is 811. The fourth-order valence-corrected chi connectivity index (χ4v) is 2.55. The number of pyridine rings is 1. The maximum Gasteiger partial charge on any atom is 0.417 e. The summed E-state index contributed by atoms with van der Waals surface area (Å²) >= 11 is 1.03. The highest BCUT2D eigenvalue weighted by Gasteiger charge is 2.31. The average molecular weight is 345 g/mol. The first-order chi connectivity index (χ1) is 10.7. The predicted molar refractivity (Wildman–Crippen MR) is 77.2 cm³/mol. The van der Waals surface area contributed by atoms with Crippen molar-refractivity contribution in [2.75, 3.05) is 5.32 Å². The number of thiophene rings is 1. The van der Waals surface area contributed by atoms with Crippen LogP contribution in [0.2, 0.25) is 0 Å². The van der Waals surface area contributed by atoms with Gasteiger partial charge in [-0.25, -0.2) is 0 Å². The van der Waals surface area contributed by atoms with E-state index in [9.17, 15) is 27.6 Å². The van der Waals surface area contributed by atoms with E-state index in [2.05, 4.69) is 5.32 Å². The lowest BCUT2D eigenvalue weighted by atomic mass is 10.2. The van der Waals surface area contributed by atoms with Crippen molar-refractivity contribution >= 4 is 28.2 Å². The van der Waals surface area contributed by atoms with E-state index in [1.54, 1.807) is 0 Å². The quantitative estimate of drug-likeness (QED) is 0.882. The van der Waals surface area contributed by atoms with Gasteiger partial charge in [0.25, 0.3) is 11.5 Å². The number of alkyl halides is 3. The molecule has 10 heteroatoms. The van der Waals surface area contributed by atoms with Crippen LogP contribution in [0.5, 0.6) is 0 Å². The highest BCUT2D eigenvalue weighted by molar-refractivity contribution is 7.14. The third-order valence-electron chi connectivity index (χ3n) is 2.81. The van der Waals surface area contributed by atoms with E-state index >= 15 is 0 Å². The van der Waals surface area contributed by atoms with E-state index in [-0.39, 0.29) is 10.6 Å². The molecule has 0 radical (unpaired) electrons. The second kappa shape index (κ2) is 6.24. The van der Waals surface area contributed by atoms with Crippen molar-refractivity contribution in [3.05, 3.63) is 51.3 Å². The van der Waals surface area contributed by atoms with Gasteiger partial charge in [0.2, 0.25) is 5.91 Å². The monoisotopic (exact) mass is 345 g/mol. The first-order valence-electron chi connectivity index (χ1n) is 6.13. The number of anilines is 1. The Kier molecular flexibility index (Phi) is 4.55. The molecule has 2 heterocycles. The number of nitrogens with two attached hydrogens (primary N) is 1. The molecule has 2 rings (SSSR count). The van der Waals surface area contributed by atoms with Gasteiger partial charge < -0.3 is 15.6 Å². The molecule has 0 bridgehead atoms. The summed E-state index contributed by atoms with van der Waals surface area (Å²) < 4.78 is 38.5. The molecule has 0 spiro atoms. The minimum absolute atomic E-state index is 0.0831. The van der Waals surface area contributed by atoms with Gasteiger partial charge in [-0.1, -0.05) is 0 Å². The van der Waals surface area contributed by atoms with Crippen LogP contribution in [0.15, 0.2) is 34.6 Å². The number of carbonyl (C=O) groups is 2. The number of hydrogen-bond acceptors (Lipinski definition) is 4. The summed E-state index contributed by atoms with van der Waals surface area (Å²) in [5.41, 5.74) is 3.40. The number of nitrogens with zero attached hydrogens (tertiary/aromatic N) is 1. The lowest BCUT2D eigenvalue weighted by Crippen LogP contribution is -2.28. The molecule has 0 unspecified atom stereocenters. The molecule has 2 aromatic rings. The second-order valence-electron chi connectivity index (χ2n) is 4.46. The number of amides is 2. The Balaban J connectivity index is 2.19. The maximum atomic E-state index is 12.6. The molecule has 3 N–H and O–H groups in total. The van der Waals surface area contributed by atoms with Gasteiger partial charge in [0.15, 0.2) is 0 Å². The first kappa shape index (κ1) is 16.7. The van der Waals surface area contributed by atoms with Crippen molar-refractivity contribution in [2.24, 2.45) is 5.73 Å². The fraction of sp³-hybridized carbons (Fsp3) is 0.154. The van der Waals surface area contributed by atoms with Crippen LogP contribution in [0.3, 0.4) is 0 Å². The van der Waals surface area contributed by atoms with Crippen LogP contribution in [0.1, 0.15) is 15.9 Å². The van der Waals surface area contributed by atoms with Crippen molar-refractivity contribution in [1.29, 1.82) is 0 Å². The van der Waals surface area contributed by atoms with Crippen molar-refractivity contribution in [2.45, 2.75) is 12.7 Å². The molecule has 0 aliphatic rings. The summed E-state index contributed by atoms with van der Waals surface area (Å²) in [6.07, 6.45) is -4.07. The number of carbonyl (C=O) groups excluding carboxylic acids is 2. The van der Waals surface area contributed by atoms with E-state index in [0.29, 0.717) is 16.8 Å². The van der Waals surface area contributed by atoms with Crippen LogP contribution in [-0.2, 0) is 17.5 Å². The molecule has 0 aromatic carbocycles. The first-order valence-corrected chi connectivity index (χ1v) is 7.01. The average Bonchev–Trinajstić information content (AvgIpc) is 2.88. The van der Waals surface area contributed by atoms with Gasteiger partial charge in [-0.15, -0.1) is 11.3 Å². The van der Waals surface area contributed by atoms with Crippen LogP contribution >= 0.6 is 11.3 Å². The van der Waals surface area contributed by atoms with Crippen molar-refractivity contribution in [3.8, 4) is 0 Å². The Labute approximate surface area is 131 Å². The molecule has 0 aliphatic carbocycles. The van der Waals surface area contributed by atoms with Gasteiger partial charge in [-0.05, 0) is 17.5 Å². The SMILES string of the molecule is NC(=O)c1ccsc1NC(=O)Cn1cc(C(F)(F)F)ccc1=O. The molecule has 122 valence electrons. The van der Waals surface area contributed by atoms with Crippen LogP contribution in [-0.4, -0.2) is 16.4 Å². The molecule has 6 nitrogen and oxygen atoms in total. The Morgan fingerprint density at radius 3 is 2.57 bits per heavy atom. The summed E-state index contributed by atoms with van der Waals surface area (Å²) in [6, 6.07) is 2.77. The van der Waals surface area contributed by atoms with Crippen LogP contribution in [0.4, 0.5) is 18.2 Å². The molecule has 2 amide bonds. The summed E-state index contributed by atoms with van der Waals surface area (Å²) in [5, 5.41) is 4.03. The normalized spacial score (nSPS) is 11.3. The van der Waals surface area contributed by atoms with Gasteiger partial charge in [0.05, 0.1) is 11.1 Å². The molecule has 23 heavy (non-hydrogen) atoms. The minimum Gasteiger partial charge on any atom is -0.366 e. The summed E-state index contributed by atoms with van der Waals surface area (Å²) in [6.45, 7) is -0.626. The predicted octanol–water partition coefficient (Wildman–Crippen LogP) is 1.67. The third-order valence-corrected chi connectivity index (χ3v) is 3.64. The van der Waals surface area contributed by atoms with Gasteiger partial charge in [0, 0.05) is 12.3 Å². The number of rotatable bonds is 4. The zero-order valence-corrected chi connectivity index (χ0v) is 12.2. The van der Waals surface area contributed by atoms with Crippen molar-refractivity contribution < 1.29 is 22.8 Å². The summed E-state index contributed by atoms with van der Waals surface area (Å²) in [7, 11) is 0. The van der Waals surface area contributed by atoms with E-state index < -0.39 is 35.7 Å². The Hall–Kier alpha value is -2.62. The lowest BCUT2D eigenvalue weighted by molar-refractivity contribution is -0.138. The molecular formula is C13H10F3N3O3S. The second-order valence-corrected chi connectivity index (χ2v) is 5.37. The van der Waals surface area contributed by atoms with Gasteiger partial charge in [-0.2, -0.15) is 13.2 Å². The summed E-state index contributed by atoms with van der Waals surface area (Å²) in [4.78, 5) is 34.6. The van der Waals surface area contributed by atoms with Crippen molar-refractivity contribution in [3.63, 3.8) is 0 Å². The van der Waals surface area contributed by atoms with Gasteiger partial charge in [0.1, 0.15) is 11.5 Å². The fourth-order valence-electron chi connectivity index (χ4n) is 1.74. The van der Waals surface area contributed by atoms with Crippen LogP contribution < -0.4 is 16.6 Å². The Morgan fingerprint density at radius 2 is 1.96 bits per heavy atom. The van der Waals surface area contributed by atoms with E-state index in [1.807, 2.05) is 0 Å². The lowest BCUT2D eigenvalue weighted by Gasteiger charge is -2.10. The van der Waals surface area contributed by atoms with Gasteiger partial charge in [-0.3, -0.25) is 14.4 Å². The summed E-state index contributed by atoms with van der Waals surface area (Å²) in [5.74, 6) is -1.51. The number of halogens is 3. The minimum atomic E-state index is -4.63. The molecule has 0 fully saturated rings. The van der Waals surface area contributed by atoms with E-state index in [0.717, 1.165) is 17.4 Å². The van der Waals surface area contributed by atoms with E-state index in [4.69, 9.17) is 5.73 Å². The Morgan fingerprint density at radius 1 is 1.26 bits per heavy atom. The number of aromatic nitrogens is 1. The molecule has 0 saturated heterocycles. The maximum absolute atomic E-state index is 12.6. The van der Waals surface area contributed by atoms with Crippen molar-refractivity contribution in [1.82, 2.24) is 4.57 Å². The van der Waals surface area contributed by atoms with E-state index in [1.165, 1.54) is 11.4 Å². The molecule has 0 saturated carbocycles. The standard InChI is InChI=1S/C13H10F3N3O3S/c14-13(15,16)7-1-2-10(21)19(5-7)6-9(20)18-12-8(11(17)22)3-4-23-12/h1-5H,6H2,(H2,17,22)(H,18,20). The third kappa shape index (κ3) is 3.97. The molecular weight excluding hydrogens is 335 g/mol. The molecule has 0 aliphatic heterocycles. The highest BCUT2D eigenvalue weighted by atomic mass is 32.1. The molecule has 0 atom stereocenters. The van der Waals surface area contributed by atoms with Crippen LogP contribution in [0.25, 0.3) is 0 Å². The van der Waals surface area contributed by atoms with Gasteiger partial charge >= 0.3 is 6.18 Å². The smallest absolute Gasteiger partial charge is 0.366 e. The molecule has 2 aromatic heterocycles. The highest BCUT2D eigenvalue weighted by Crippen LogP contribution is 2.28. The number of primary amides is 1. The number of hydrogen-bond donors (Lipinski definition) is 2.